The third-order valence-electron chi connectivity index (χ3n) is 3.21. The van der Waals surface area contributed by atoms with Crippen molar-refractivity contribution in [1.82, 2.24) is 19.8 Å². The highest BCUT2D eigenvalue weighted by Crippen LogP contribution is 2.27. The molecule has 0 radical (unpaired) electrons. The van der Waals surface area contributed by atoms with Gasteiger partial charge in [0.1, 0.15) is 4.38 Å². The topological polar surface area (TPSA) is 71.8 Å². The molecule has 9 heteroatoms. The number of aromatic nitrogens is 4. The number of tetrazole rings is 1. The van der Waals surface area contributed by atoms with Crippen molar-refractivity contribution in [2.75, 3.05) is 6.26 Å². The van der Waals surface area contributed by atoms with E-state index in [1.54, 1.807) is 10.9 Å². The van der Waals surface area contributed by atoms with Gasteiger partial charge >= 0.3 is 0 Å². The SMILES string of the molecule is CSC(=NC#N)SCn1nnn(C2CCCCC2)c1=S. The minimum Gasteiger partial charge on any atom is -0.215 e. The first-order valence-electron chi connectivity index (χ1n) is 6.42. The Balaban J connectivity index is 2.04. The average molecular weight is 328 g/mol. The van der Waals surface area contributed by atoms with Gasteiger partial charge in [0.05, 0.1) is 11.9 Å². The third-order valence-corrected chi connectivity index (χ3v) is 5.61. The Morgan fingerprint density at radius 1 is 1.45 bits per heavy atom. The van der Waals surface area contributed by atoms with Crippen molar-refractivity contribution in [2.24, 2.45) is 4.99 Å². The molecule has 0 aromatic carbocycles. The van der Waals surface area contributed by atoms with E-state index in [9.17, 15) is 0 Å². The van der Waals surface area contributed by atoms with E-state index in [4.69, 9.17) is 17.5 Å². The first-order valence-corrected chi connectivity index (χ1v) is 9.04. The van der Waals surface area contributed by atoms with Crippen LogP contribution in [0, 0.1) is 16.2 Å². The summed E-state index contributed by atoms with van der Waals surface area (Å²) in [6.07, 6.45) is 9.72. The summed E-state index contributed by atoms with van der Waals surface area (Å²) in [5.74, 6) is 0.535. The summed E-state index contributed by atoms with van der Waals surface area (Å²) in [5.41, 5.74) is 0. The van der Waals surface area contributed by atoms with Crippen molar-refractivity contribution in [3.8, 4) is 6.19 Å². The minimum atomic E-state index is 0.391. The summed E-state index contributed by atoms with van der Waals surface area (Å²) in [6, 6.07) is 0.391. The monoisotopic (exact) mass is 328 g/mol. The van der Waals surface area contributed by atoms with Crippen LogP contribution >= 0.6 is 35.7 Å². The van der Waals surface area contributed by atoms with Crippen LogP contribution in [0.4, 0.5) is 0 Å². The molecule has 0 amide bonds. The van der Waals surface area contributed by atoms with Crippen molar-refractivity contribution in [1.29, 1.82) is 5.26 Å². The molecule has 1 fully saturated rings. The molecule has 0 atom stereocenters. The fourth-order valence-electron chi connectivity index (χ4n) is 2.22. The molecule has 0 N–H and O–H groups in total. The molecule has 1 aromatic rings. The lowest BCUT2D eigenvalue weighted by atomic mass is 9.96. The lowest BCUT2D eigenvalue weighted by molar-refractivity contribution is 0.321. The van der Waals surface area contributed by atoms with Crippen LogP contribution in [0.5, 0.6) is 0 Å². The Morgan fingerprint density at radius 2 is 2.20 bits per heavy atom. The highest BCUT2D eigenvalue weighted by atomic mass is 32.2. The van der Waals surface area contributed by atoms with E-state index in [0.717, 1.165) is 12.8 Å². The zero-order valence-corrected chi connectivity index (χ0v) is 13.7. The molecule has 0 bridgehead atoms. The van der Waals surface area contributed by atoms with Crippen molar-refractivity contribution < 1.29 is 0 Å². The molecule has 108 valence electrons. The smallest absolute Gasteiger partial charge is 0.215 e. The Morgan fingerprint density at radius 3 is 2.85 bits per heavy atom. The van der Waals surface area contributed by atoms with E-state index in [1.165, 1.54) is 42.8 Å². The largest absolute Gasteiger partial charge is 0.216 e. The second-order valence-electron chi connectivity index (χ2n) is 4.45. The van der Waals surface area contributed by atoms with E-state index in [-0.39, 0.29) is 0 Å². The van der Waals surface area contributed by atoms with Crippen LogP contribution in [0.25, 0.3) is 0 Å². The summed E-state index contributed by atoms with van der Waals surface area (Å²) in [6.45, 7) is 0. The van der Waals surface area contributed by atoms with Gasteiger partial charge in [-0.15, -0.1) is 11.8 Å². The van der Waals surface area contributed by atoms with E-state index < -0.39 is 0 Å². The Hall–Kier alpha value is -0.850. The van der Waals surface area contributed by atoms with Gasteiger partial charge in [-0.2, -0.15) is 10.3 Å². The Labute approximate surface area is 131 Å². The maximum Gasteiger partial charge on any atom is 0.216 e. The van der Waals surface area contributed by atoms with Gasteiger partial charge in [-0.25, -0.2) is 9.36 Å². The number of hydrogen-bond acceptors (Lipinski definition) is 7. The van der Waals surface area contributed by atoms with Crippen molar-refractivity contribution in [2.45, 2.75) is 44.0 Å². The number of nitriles is 1. The molecule has 1 aliphatic rings. The molecule has 1 aromatic heterocycles. The number of rotatable bonds is 3. The quantitative estimate of drug-likeness (QED) is 0.367. The van der Waals surface area contributed by atoms with Gasteiger partial charge in [-0.05, 0) is 41.7 Å². The van der Waals surface area contributed by atoms with Crippen molar-refractivity contribution >= 4 is 40.1 Å². The van der Waals surface area contributed by atoms with Crippen LogP contribution in [-0.2, 0) is 5.88 Å². The first kappa shape index (κ1) is 15.5. The zero-order valence-electron chi connectivity index (χ0n) is 11.2. The standard InChI is InChI=1S/C11H16N6S3/c1-19-10(13-7-12)20-8-16-11(18)17(15-14-16)9-5-3-2-4-6-9/h9H,2-6,8H2,1H3. The van der Waals surface area contributed by atoms with Crippen LogP contribution in [0.2, 0.25) is 0 Å². The highest BCUT2D eigenvalue weighted by molar-refractivity contribution is 8.38. The molecule has 0 saturated heterocycles. The van der Waals surface area contributed by atoms with E-state index in [1.807, 2.05) is 10.9 Å². The second kappa shape index (κ2) is 7.81. The van der Waals surface area contributed by atoms with Gasteiger partial charge < -0.3 is 0 Å². The third kappa shape index (κ3) is 3.84. The van der Waals surface area contributed by atoms with Gasteiger partial charge in [0.2, 0.25) is 11.0 Å². The summed E-state index contributed by atoms with van der Waals surface area (Å²) < 4.78 is 4.93. The molecule has 1 heterocycles. The predicted molar refractivity (Wildman–Crippen MR) is 85.1 cm³/mol. The van der Waals surface area contributed by atoms with E-state index in [2.05, 4.69) is 15.4 Å². The highest BCUT2D eigenvalue weighted by Gasteiger charge is 2.18. The van der Waals surface area contributed by atoms with Gasteiger partial charge in [-0.1, -0.05) is 31.0 Å². The normalized spacial score (nSPS) is 17.1. The Kier molecular flexibility index (Phi) is 6.06. The molecule has 2 rings (SSSR count). The molecular formula is C11H16N6S3. The molecule has 6 nitrogen and oxygen atoms in total. The zero-order chi connectivity index (χ0) is 14.4. The van der Waals surface area contributed by atoms with Crippen molar-refractivity contribution in [3.63, 3.8) is 0 Å². The summed E-state index contributed by atoms with van der Waals surface area (Å²) in [7, 11) is 0. The van der Waals surface area contributed by atoms with Crippen LogP contribution in [0.15, 0.2) is 4.99 Å². The summed E-state index contributed by atoms with van der Waals surface area (Å²) in [5, 5.41) is 16.9. The van der Waals surface area contributed by atoms with Crippen LogP contribution in [-0.4, -0.2) is 30.4 Å². The van der Waals surface area contributed by atoms with Gasteiger partial charge in [0, 0.05) is 0 Å². The molecule has 1 saturated carbocycles. The van der Waals surface area contributed by atoms with Gasteiger partial charge in [0.25, 0.3) is 0 Å². The number of hydrogen-bond donors (Lipinski definition) is 0. The maximum atomic E-state index is 8.57. The van der Waals surface area contributed by atoms with Crippen molar-refractivity contribution in [3.05, 3.63) is 4.77 Å². The predicted octanol–water partition coefficient (Wildman–Crippen LogP) is 3.21. The molecule has 0 spiro atoms. The lowest BCUT2D eigenvalue weighted by Gasteiger charge is -2.20. The first-order chi connectivity index (χ1) is 9.76. The maximum absolute atomic E-state index is 8.57. The molecule has 20 heavy (non-hydrogen) atoms. The fourth-order valence-corrected chi connectivity index (χ4v) is 3.86. The number of aliphatic imine (C=N–C) groups is 1. The lowest BCUT2D eigenvalue weighted by Crippen LogP contribution is -2.14. The summed E-state index contributed by atoms with van der Waals surface area (Å²) >= 11 is 8.32. The second-order valence-corrected chi connectivity index (χ2v) is 6.80. The minimum absolute atomic E-state index is 0.391. The van der Waals surface area contributed by atoms with Gasteiger partial charge in [0.15, 0.2) is 0 Å². The fraction of sp³-hybridized carbons (Fsp3) is 0.727. The van der Waals surface area contributed by atoms with E-state index in [0.29, 0.717) is 21.1 Å². The number of thioether (sulfide) groups is 2. The van der Waals surface area contributed by atoms with Crippen LogP contribution < -0.4 is 0 Å². The van der Waals surface area contributed by atoms with Crippen LogP contribution in [0.3, 0.4) is 0 Å². The molecule has 0 unspecified atom stereocenters. The van der Waals surface area contributed by atoms with E-state index >= 15 is 0 Å². The molecular weight excluding hydrogens is 312 g/mol. The number of nitrogens with zero attached hydrogens (tertiary/aromatic N) is 6. The van der Waals surface area contributed by atoms with Gasteiger partial charge in [-0.3, -0.25) is 0 Å². The molecule has 1 aliphatic carbocycles. The summed E-state index contributed by atoms with van der Waals surface area (Å²) in [4.78, 5) is 3.73. The average Bonchev–Trinajstić information content (AvgIpc) is 2.85. The Bertz CT molecular complexity index is 563. The van der Waals surface area contributed by atoms with Crippen LogP contribution in [0.1, 0.15) is 38.1 Å². The molecule has 0 aliphatic heterocycles.